The lowest BCUT2D eigenvalue weighted by Gasteiger charge is -1.89. The molecule has 0 bridgehead atoms. The maximum absolute atomic E-state index is 11.3. The number of H-pyrrole nitrogens is 4. The highest BCUT2D eigenvalue weighted by Crippen LogP contribution is 2.61. The topological polar surface area (TPSA) is 148 Å². The van der Waals surface area contributed by atoms with Gasteiger partial charge in [-0.25, -0.2) is 9.78 Å². The van der Waals surface area contributed by atoms with Gasteiger partial charge in [-0.1, -0.05) is 25.4 Å². The van der Waals surface area contributed by atoms with Crippen LogP contribution in [0.4, 0.5) is 0 Å². The van der Waals surface area contributed by atoms with Crippen molar-refractivity contribution in [1.29, 1.82) is 0 Å². The Kier molecular flexibility index (Phi) is 10.2. The minimum Gasteiger partial charge on any atom is -0.288 e. The molecule has 4 N–H and O–H groups in total. The fraction of sp³-hybridized carbons (Fsp3) is 0.375. The van der Waals surface area contributed by atoms with E-state index in [1.165, 1.54) is 0 Å². The van der Waals surface area contributed by atoms with Crippen molar-refractivity contribution in [2.75, 3.05) is 0 Å². The van der Waals surface area contributed by atoms with E-state index in [9.17, 15) is 14.2 Å². The molecule has 4 aromatic heterocycles. The van der Waals surface area contributed by atoms with Crippen LogP contribution in [0.25, 0.3) is 22.1 Å². The Morgan fingerprint density at radius 2 is 1.45 bits per heavy atom. The second-order valence-corrected chi connectivity index (χ2v) is 13.8. The summed E-state index contributed by atoms with van der Waals surface area (Å²) >= 11 is 25.4. The smallest absolute Gasteiger partial charge is 0.288 e. The number of aromatic nitrogens is 8. The van der Waals surface area contributed by atoms with E-state index < -0.39 is 10.9 Å². The van der Waals surface area contributed by atoms with Crippen LogP contribution in [-0.4, -0.2) is 30.1 Å². The quantitative estimate of drug-likeness (QED) is 0.125. The number of nitrogens with zero attached hydrogens (tertiary/aromatic N) is 4. The molecule has 0 aliphatic heterocycles. The number of hydrogen-bond acceptors (Lipinski definition) is 5. The zero-order chi connectivity index (χ0) is 24.8. The Balaban J connectivity index is 0.000000195. The molecular weight excluding hydrogens is 560 g/mol. The van der Waals surface area contributed by atoms with Crippen LogP contribution in [0, 0.1) is 0 Å². The maximum atomic E-state index is 11.3. The number of rotatable bonds is 4. The Bertz CT molecular complexity index is 1380. The average molecular weight is 581 g/mol. The van der Waals surface area contributed by atoms with E-state index in [-0.39, 0.29) is 10.8 Å². The molecule has 4 heterocycles. The molecular formula is C16H20Cl5N8O3P+2. The molecule has 0 aromatic carbocycles. The highest BCUT2D eigenvalue weighted by molar-refractivity contribution is 8.24. The summed E-state index contributed by atoms with van der Waals surface area (Å²) < 4.78 is 13.2. The lowest BCUT2D eigenvalue weighted by Crippen LogP contribution is -2.34. The average Bonchev–Trinajstić information content (AvgIpc) is 3.25. The summed E-state index contributed by atoms with van der Waals surface area (Å²) in [6.07, 6.45) is 5.57. The summed E-state index contributed by atoms with van der Waals surface area (Å²) in [6.45, 7) is 5.81. The van der Waals surface area contributed by atoms with Gasteiger partial charge in [-0.15, -0.1) is 19.6 Å². The lowest BCUT2D eigenvalue weighted by molar-refractivity contribution is -0.748. The number of aromatic amines is 4. The molecule has 4 rings (SSSR count). The summed E-state index contributed by atoms with van der Waals surface area (Å²) in [4.78, 5) is 34.8. The van der Waals surface area contributed by atoms with Crippen molar-refractivity contribution >= 4 is 84.2 Å². The summed E-state index contributed by atoms with van der Waals surface area (Å²) in [5.74, 6) is 0. The van der Waals surface area contributed by atoms with E-state index >= 15 is 0 Å². The number of hydrogen-bond donors (Lipinski definition) is 4. The molecule has 4 aromatic rings. The lowest BCUT2D eigenvalue weighted by atomic mass is 10.4. The van der Waals surface area contributed by atoms with Gasteiger partial charge in [-0.3, -0.25) is 19.3 Å². The van der Waals surface area contributed by atoms with Crippen molar-refractivity contribution in [3.8, 4) is 0 Å². The Morgan fingerprint density at radius 1 is 0.909 bits per heavy atom. The highest BCUT2D eigenvalue weighted by atomic mass is 36.0. The molecule has 11 nitrogen and oxygen atoms in total. The fourth-order valence-electron chi connectivity index (χ4n) is 2.70. The SMILES string of the molecule is CCC[n+]1cc2c(=O)[nH]c(=O)[nH]c2[nH]1.CCC[n+]1cc2c(Cl)nc(Cl)nc2[nH]1.O=P(Cl)(Cl)Cl. The van der Waals surface area contributed by atoms with E-state index in [2.05, 4.69) is 70.8 Å². The Morgan fingerprint density at radius 3 is 2.03 bits per heavy atom. The van der Waals surface area contributed by atoms with Crippen molar-refractivity contribution < 1.29 is 13.9 Å². The zero-order valence-electron chi connectivity index (χ0n) is 17.3. The van der Waals surface area contributed by atoms with Gasteiger partial charge in [-0.05, 0) is 45.3 Å². The summed E-state index contributed by atoms with van der Waals surface area (Å²) in [5, 5.41) is 4.58. The van der Waals surface area contributed by atoms with Gasteiger partial charge in [0.25, 0.3) is 5.56 Å². The van der Waals surface area contributed by atoms with Crippen molar-refractivity contribution in [3.05, 3.63) is 43.7 Å². The molecule has 17 heteroatoms. The fourth-order valence-corrected chi connectivity index (χ4v) is 3.13. The van der Waals surface area contributed by atoms with Crippen LogP contribution in [0.3, 0.4) is 0 Å². The molecule has 0 radical (unpaired) electrons. The van der Waals surface area contributed by atoms with Crippen LogP contribution in [-0.2, 0) is 17.7 Å². The van der Waals surface area contributed by atoms with Crippen molar-refractivity contribution in [3.63, 3.8) is 0 Å². The van der Waals surface area contributed by atoms with Gasteiger partial charge >= 0.3 is 10.9 Å². The second-order valence-electron chi connectivity index (χ2n) is 6.51. The van der Waals surface area contributed by atoms with E-state index in [0.29, 0.717) is 21.8 Å². The van der Waals surface area contributed by atoms with Crippen molar-refractivity contribution in [2.45, 2.75) is 39.8 Å². The number of aryl methyl sites for hydroxylation is 2. The second kappa shape index (κ2) is 12.2. The normalized spacial score (nSPS) is 11.1. The number of nitrogens with one attached hydrogen (secondary N) is 4. The van der Waals surface area contributed by atoms with Gasteiger partial charge in [-0.2, -0.15) is 4.98 Å². The predicted molar refractivity (Wildman–Crippen MR) is 130 cm³/mol. The highest BCUT2D eigenvalue weighted by Gasteiger charge is 2.13. The van der Waals surface area contributed by atoms with Crippen molar-refractivity contribution in [1.82, 2.24) is 30.1 Å². The first-order chi connectivity index (χ1) is 15.4. The number of fused-ring (bicyclic) bond motifs is 2. The van der Waals surface area contributed by atoms with Gasteiger partial charge in [0.15, 0.2) is 24.1 Å². The molecule has 0 saturated carbocycles. The molecule has 0 amide bonds. The standard InChI is InChI=1S/C8H8Cl2N4.C8H10N4O2.Cl3OP/c1-2-3-14-4-5-6(9)11-8(10)12-7(5)13-14;1-2-3-12-4-5-6(11-12)9-8(14)10-7(5)13;1-5(2,3)4/h4H,2-3H2,1H3;4H,2-3H2,1H3,(H2,9,10,11,13,14);/p+2. The van der Waals surface area contributed by atoms with E-state index in [1.54, 1.807) is 10.9 Å². The van der Waals surface area contributed by atoms with Crippen LogP contribution in [0.1, 0.15) is 26.7 Å². The van der Waals surface area contributed by atoms with Gasteiger partial charge in [0.2, 0.25) is 23.3 Å². The summed E-state index contributed by atoms with van der Waals surface area (Å²) in [5.41, 5.74) is 0.276. The molecule has 180 valence electrons. The van der Waals surface area contributed by atoms with Crippen LogP contribution in [0.2, 0.25) is 10.4 Å². The Labute approximate surface area is 211 Å². The molecule has 33 heavy (non-hydrogen) atoms. The largest absolute Gasteiger partial charge is 0.339 e. The third-order valence-electron chi connectivity index (χ3n) is 3.86. The summed E-state index contributed by atoms with van der Waals surface area (Å²) in [7, 11) is 0. The zero-order valence-corrected chi connectivity index (χ0v) is 22.0. The molecule has 0 aliphatic carbocycles. The van der Waals surface area contributed by atoms with Gasteiger partial charge in [0.05, 0.1) is 0 Å². The first-order valence-corrected chi connectivity index (χ1v) is 14.6. The Hall–Kier alpha value is -1.62. The molecule has 0 saturated heterocycles. The van der Waals surface area contributed by atoms with E-state index in [1.807, 2.05) is 17.8 Å². The van der Waals surface area contributed by atoms with Crippen LogP contribution in [0.5, 0.6) is 0 Å². The molecule has 0 atom stereocenters. The third kappa shape index (κ3) is 8.92. The third-order valence-corrected chi connectivity index (χ3v) is 4.31. The molecule has 0 spiro atoms. The first kappa shape index (κ1) is 27.6. The summed E-state index contributed by atoms with van der Waals surface area (Å²) in [6, 6.07) is 0. The molecule has 0 unspecified atom stereocenters. The van der Waals surface area contributed by atoms with Gasteiger partial charge in [0.1, 0.15) is 10.5 Å². The minimum absolute atomic E-state index is 0.160. The van der Waals surface area contributed by atoms with Crippen LogP contribution in [0.15, 0.2) is 22.0 Å². The predicted octanol–water partition coefficient (Wildman–Crippen LogP) is 4.02. The van der Waals surface area contributed by atoms with Crippen molar-refractivity contribution in [2.24, 2.45) is 0 Å². The first-order valence-electron chi connectivity index (χ1n) is 9.46. The van der Waals surface area contributed by atoms with Gasteiger partial charge < -0.3 is 0 Å². The number of halogens is 5. The monoisotopic (exact) mass is 578 g/mol. The molecule has 0 fully saturated rings. The molecule has 0 aliphatic rings. The van der Waals surface area contributed by atoms with E-state index in [0.717, 1.165) is 31.3 Å². The maximum Gasteiger partial charge on any atom is 0.339 e. The van der Waals surface area contributed by atoms with Crippen LogP contribution < -0.4 is 20.6 Å². The minimum atomic E-state index is -3.22. The van der Waals surface area contributed by atoms with Crippen LogP contribution >= 0.6 is 62.1 Å². The van der Waals surface area contributed by atoms with E-state index in [4.69, 9.17) is 23.2 Å². The van der Waals surface area contributed by atoms with Gasteiger partial charge in [0, 0.05) is 12.8 Å².